The Balaban J connectivity index is 1.11. The van der Waals surface area contributed by atoms with Crippen molar-refractivity contribution in [3.8, 4) is 11.6 Å². The Bertz CT molecular complexity index is 1090. The van der Waals surface area contributed by atoms with Crippen LogP contribution >= 0.6 is 0 Å². The van der Waals surface area contributed by atoms with E-state index in [1.165, 1.54) is 12.8 Å². The quantitative estimate of drug-likeness (QED) is 0.593. The molecular formula is C25H28N4O3. The van der Waals surface area contributed by atoms with Gasteiger partial charge < -0.3 is 20.1 Å². The van der Waals surface area contributed by atoms with Gasteiger partial charge in [-0.25, -0.2) is 9.97 Å². The standard InChI is InChI=1S/C25H28N4O3/c30-21-3-1-2-19-7-8-22(28-24(19)21)29-12-10-20(11-13-29)25(31)27-15-18-6-9-23(26-14-18)32-16-17-4-5-17/h1-3,6-9,14,17,20,30H,4-5,10-13,15-16H2,(H,27,31). The summed E-state index contributed by atoms with van der Waals surface area (Å²) in [5.74, 6) is 2.46. The maximum absolute atomic E-state index is 12.7. The van der Waals surface area contributed by atoms with Gasteiger partial charge in [0.15, 0.2) is 0 Å². The van der Waals surface area contributed by atoms with Crippen LogP contribution in [0.1, 0.15) is 31.2 Å². The predicted octanol–water partition coefficient (Wildman–Crippen LogP) is 3.66. The van der Waals surface area contributed by atoms with E-state index in [-0.39, 0.29) is 17.6 Å². The molecule has 7 heteroatoms. The van der Waals surface area contributed by atoms with Crippen LogP contribution in [0.2, 0.25) is 0 Å². The average Bonchev–Trinajstić information content (AvgIpc) is 3.67. The Morgan fingerprint density at radius 3 is 2.69 bits per heavy atom. The number of pyridine rings is 2. The number of fused-ring (bicyclic) bond motifs is 1. The summed E-state index contributed by atoms with van der Waals surface area (Å²) in [6.07, 6.45) is 5.83. The van der Waals surface area contributed by atoms with Crippen molar-refractivity contribution in [2.24, 2.45) is 11.8 Å². The SMILES string of the molecule is O=C(NCc1ccc(OCC2CC2)nc1)C1CCN(c2ccc3cccc(O)c3n2)CC1. The maximum Gasteiger partial charge on any atom is 0.223 e. The lowest BCUT2D eigenvalue weighted by Crippen LogP contribution is -2.40. The third kappa shape index (κ3) is 4.77. The summed E-state index contributed by atoms with van der Waals surface area (Å²) >= 11 is 0. The van der Waals surface area contributed by atoms with Crippen LogP contribution in [0.3, 0.4) is 0 Å². The van der Waals surface area contributed by atoms with Gasteiger partial charge in [0.2, 0.25) is 11.8 Å². The zero-order valence-corrected chi connectivity index (χ0v) is 18.0. The Morgan fingerprint density at radius 1 is 1.09 bits per heavy atom. The van der Waals surface area contributed by atoms with Gasteiger partial charge in [-0.05, 0) is 55.4 Å². The molecular weight excluding hydrogens is 404 g/mol. The number of anilines is 1. The molecule has 1 aromatic carbocycles. The summed E-state index contributed by atoms with van der Waals surface area (Å²) in [5, 5.41) is 14.0. The molecule has 1 saturated carbocycles. The highest BCUT2D eigenvalue weighted by molar-refractivity contribution is 5.85. The van der Waals surface area contributed by atoms with Crippen LogP contribution in [-0.4, -0.2) is 40.7 Å². The second-order valence-corrected chi connectivity index (χ2v) is 8.76. The topological polar surface area (TPSA) is 87.6 Å². The number of carbonyl (C=O) groups excluding carboxylic acids is 1. The summed E-state index contributed by atoms with van der Waals surface area (Å²) in [5.41, 5.74) is 1.58. The summed E-state index contributed by atoms with van der Waals surface area (Å²) in [6.45, 7) is 2.75. The van der Waals surface area contributed by atoms with Crippen LogP contribution < -0.4 is 15.0 Å². The molecule has 32 heavy (non-hydrogen) atoms. The minimum absolute atomic E-state index is 0.00535. The maximum atomic E-state index is 12.7. The number of ether oxygens (including phenoxy) is 1. The normalized spacial score (nSPS) is 16.8. The first-order chi connectivity index (χ1) is 15.7. The molecule has 2 fully saturated rings. The van der Waals surface area contributed by atoms with Crippen molar-refractivity contribution in [3.05, 3.63) is 54.2 Å². The second kappa shape index (κ2) is 9.02. The van der Waals surface area contributed by atoms with E-state index >= 15 is 0 Å². The van der Waals surface area contributed by atoms with Gasteiger partial charge in [0.1, 0.15) is 17.1 Å². The van der Waals surface area contributed by atoms with Gasteiger partial charge in [0, 0.05) is 43.2 Å². The molecule has 0 bridgehead atoms. The van der Waals surface area contributed by atoms with Gasteiger partial charge in [-0.15, -0.1) is 0 Å². The number of hydrogen-bond acceptors (Lipinski definition) is 6. The molecule has 5 rings (SSSR count). The van der Waals surface area contributed by atoms with E-state index in [1.54, 1.807) is 12.3 Å². The number of amides is 1. The Kier molecular flexibility index (Phi) is 5.79. The molecule has 1 aliphatic heterocycles. The number of aromatic nitrogens is 2. The fourth-order valence-corrected chi connectivity index (χ4v) is 4.09. The van der Waals surface area contributed by atoms with E-state index < -0.39 is 0 Å². The van der Waals surface area contributed by atoms with Crippen molar-refractivity contribution in [1.29, 1.82) is 0 Å². The molecule has 0 unspecified atom stereocenters. The number of aromatic hydroxyl groups is 1. The fraction of sp³-hybridized carbons (Fsp3) is 0.400. The van der Waals surface area contributed by atoms with E-state index in [0.29, 0.717) is 23.9 Å². The van der Waals surface area contributed by atoms with Gasteiger partial charge in [-0.3, -0.25) is 4.79 Å². The molecule has 1 aliphatic carbocycles. The number of nitrogens with one attached hydrogen (secondary N) is 1. The van der Waals surface area contributed by atoms with Crippen molar-refractivity contribution in [2.75, 3.05) is 24.6 Å². The number of benzene rings is 1. The number of phenolic OH excluding ortho intramolecular Hbond substituents is 1. The fourth-order valence-electron chi connectivity index (χ4n) is 4.09. The monoisotopic (exact) mass is 432 g/mol. The number of piperidine rings is 1. The van der Waals surface area contributed by atoms with Crippen molar-refractivity contribution in [1.82, 2.24) is 15.3 Å². The van der Waals surface area contributed by atoms with Crippen LogP contribution in [0.15, 0.2) is 48.7 Å². The highest BCUT2D eigenvalue weighted by Gasteiger charge is 2.26. The lowest BCUT2D eigenvalue weighted by Gasteiger charge is -2.32. The third-order valence-electron chi connectivity index (χ3n) is 6.30. The molecule has 2 aliphatic rings. The number of para-hydroxylation sites is 1. The third-order valence-corrected chi connectivity index (χ3v) is 6.30. The Labute approximate surface area is 187 Å². The zero-order chi connectivity index (χ0) is 21.9. The largest absolute Gasteiger partial charge is 0.506 e. The number of rotatable bonds is 7. The first kappa shape index (κ1) is 20.5. The molecule has 7 nitrogen and oxygen atoms in total. The van der Waals surface area contributed by atoms with Crippen LogP contribution in [0.25, 0.3) is 10.9 Å². The average molecular weight is 433 g/mol. The van der Waals surface area contributed by atoms with Crippen LogP contribution in [0, 0.1) is 11.8 Å². The van der Waals surface area contributed by atoms with Crippen LogP contribution in [-0.2, 0) is 11.3 Å². The zero-order valence-electron chi connectivity index (χ0n) is 18.0. The van der Waals surface area contributed by atoms with Gasteiger partial charge in [-0.1, -0.05) is 18.2 Å². The van der Waals surface area contributed by atoms with E-state index in [4.69, 9.17) is 4.74 Å². The van der Waals surface area contributed by atoms with E-state index in [2.05, 4.69) is 20.2 Å². The molecule has 1 saturated heterocycles. The second-order valence-electron chi connectivity index (χ2n) is 8.76. The van der Waals surface area contributed by atoms with E-state index in [9.17, 15) is 9.90 Å². The molecule has 1 amide bonds. The number of nitrogens with zero attached hydrogens (tertiary/aromatic N) is 3. The lowest BCUT2D eigenvalue weighted by molar-refractivity contribution is -0.125. The number of phenols is 1. The molecule has 0 radical (unpaired) electrons. The van der Waals surface area contributed by atoms with E-state index in [0.717, 1.165) is 49.3 Å². The van der Waals surface area contributed by atoms with Crippen LogP contribution in [0.5, 0.6) is 11.6 Å². The van der Waals surface area contributed by atoms with Gasteiger partial charge in [0.25, 0.3) is 0 Å². The highest BCUT2D eigenvalue weighted by Crippen LogP contribution is 2.29. The van der Waals surface area contributed by atoms with Gasteiger partial charge in [0.05, 0.1) is 6.61 Å². The molecule has 2 aromatic heterocycles. The Hall–Kier alpha value is -3.35. The highest BCUT2D eigenvalue weighted by atomic mass is 16.5. The lowest BCUT2D eigenvalue weighted by atomic mass is 9.95. The van der Waals surface area contributed by atoms with Crippen molar-refractivity contribution >= 4 is 22.6 Å². The molecule has 3 aromatic rings. The predicted molar refractivity (Wildman–Crippen MR) is 123 cm³/mol. The first-order valence-electron chi connectivity index (χ1n) is 11.3. The van der Waals surface area contributed by atoms with Crippen molar-refractivity contribution in [2.45, 2.75) is 32.2 Å². The number of carbonyl (C=O) groups is 1. The summed E-state index contributed by atoms with van der Waals surface area (Å²) in [4.78, 5) is 23.8. The smallest absolute Gasteiger partial charge is 0.223 e. The van der Waals surface area contributed by atoms with Crippen LogP contribution in [0.4, 0.5) is 5.82 Å². The van der Waals surface area contributed by atoms with Crippen molar-refractivity contribution < 1.29 is 14.6 Å². The van der Waals surface area contributed by atoms with Gasteiger partial charge in [-0.2, -0.15) is 0 Å². The number of hydrogen-bond donors (Lipinski definition) is 2. The first-order valence-corrected chi connectivity index (χ1v) is 11.3. The minimum atomic E-state index is -0.00535. The molecule has 0 spiro atoms. The summed E-state index contributed by atoms with van der Waals surface area (Å²) < 4.78 is 5.66. The van der Waals surface area contributed by atoms with Crippen molar-refractivity contribution in [3.63, 3.8) is 0 Å². The van der Waals surface area contributed by atoms with E-state index in [1.807, 2.05) is 36.4 Å². The Morgan fingerprint density at radius 2 is 1.94 bits per heavy atom. The molecule has 3 heterocycles. The minimum Gasteiger partial charge on any atom is -0.506 e. The molecule has 2 N–H and O–H groups in total. The van der Waals surface area contributed by atoms with Gasteiger partial charge >= 0.3 is 0 Å². The summed E-state index contributed by atoms with van der Waals surface area (Å²) in [7, 11) is 0. The summed E-state index contributed by atoms with van der Waals surface area (Å²) in [6, 6.07) is 13.2. The molecule has 0 atom stereocenters. The molecule has 166 valence electrons.